The molecule has 0 amide bonds. The molecule has 0 aliphatic carbocycles. The number of carboxylic acids is 1. The van der Waals surface area contributed by atoms with Crippen molar-refractivity contribution in [3.05, 3.63) is 12.2 Å². The highest BCUT2D eigenvalue weighted by molar-refractivity contribution is 5.69. The van der Waals surface area contributed by atoms with Crippen LogP contribution in [-0.2, 0) is 14.3 Å². The van der Waals surface area contributed by atoms with E-state index in [1.807, 2.05) is 0 Å². The minimum atomic E-state index is -0.675. The highest BCUT2D eigenvalue weighted by atomic mass is 16.5. The van der Waals surface area contributed by atoms with Crippen LogP contribution in [0, 0.1) is 0 Å². The molecule has 4 nitrogen and oxygen atoms in total. The van der Waals surface area contributed by atoms with E-state index in [2.05, 4.69) is 19.1 Å². The first-order valence-electron chi connectivity index (χ1n) is 14.7. The first kappa shape index (κ1) is 32.7. The fourth-order valence-corrected chi connectivity index (χ4v) is 4.21. The summed E-state index contributed by atoms with van der Waals surface area (Å²) in [5.41, 5.74) is 0. The summed E-state index contributed by atoms with van der Waals surface area (Å²) in [7, 11) is 0. The smallest absolute Gasteiger partial charge is 0.305 e. The van der Waals surface area contributed by atoms with Crippen molar-refractivity contribution in [3.8, 4) is 0 Å². The maximum absolute atomic E-state index is 11.8. The molecule has 0 radical (unpaired) electrons. The van der Waals surface area contributed by atoms with Crippen LogP contribution in [0.25, 0.3) is 0 Å². The molecular weight excluding hydrogens is 424 g/mol. The van der Waals surface area contributed by atoms with E-state index < -0.39 is 5.97 Å². The van der Waals surface area contributed by atoms with Gasteiger partial charge in [-0.1, -0.05) is 115 Å². The van der Waals surface area contributed by atoms with Crippen LogP contribution in [0.3, 0.4) is 0 Å². The number of hydrogen-bond acceptors (Lipinski definition) is 3. The van der Waals surface area contributed by atoms with Crippen LogP contribution in [0.4, 0.5) is 0 Å². The number of esters is 1. The Morgan fingerprint density at radius 1 is 0.559 bits per heavy atom. The topological polar surface area (TPSA) is 63.6 Å². The van der Waals surface area contributed by atoms with Crippen molar-refractivity contribution in [1.82, 2.24) is 0 Å². The van der Waals surface area contributed by atoms with Crippen molar-refractivity contribution in [3.63, 3.8) is 0 Å². The summed E-state index contributed by atoms with van der Waals surface area (Å²) in [6, 6.07) is 0. The maximum Gasteiger partial charge on any atom is 0.305 e. The van der Waals surface area contributed by atoms with E-state index in [1.54, 1.807) is 0 Å². The van der Waals surface area contributed by atoms with Gasteiger partial charge in [-0.05, 0) is 44.9 Å². The number of carbonyl (C=O) groups excluding carboxylic acids is 1. The molecule has 0 rings (SSSR count). The average Bonchev–Trinajstić information content (AvgIpc) is 2.82. The molecule has 0 aromatic carbocycles. The van der Waals surface area contributed by atoms with E-state index in [9.17, 15) is 9.59 Å². The highest BCUT2D eigenvalue weighted by Crippen LogP contribution is 2.13. The van der Waals surface area contributed by atoms with Gasteiger partial charge in [0.1, 0.15) is 0 Å². The van der Waals surface area contributed by atoms with Gasteiger partial charge in [-0.15, -0.1) is 0 Å². The molecule has 0 aromatic rings. The van der Waals surface area contributed by atoms with E-state index in [1.165, 1.54) is 103 Å². The van der Waals surface area contributed by atoms with Crippen LogP contribution in [0.1, 0.15) is 161 Å². The lowest BCUT2D eigenvalue weighted by Gasteiger charge is -2.05. The second kappa shape index (κ2) is 27.9. The average molecular weight is 481 g/mol. The quantitative estimate of drug-likeness (QED) is 0.0722. The van der Waals surface area contributed by atoms with Crippen molar-refractivity contribution in [2.45, 2.75) is 161 Å². The van der Waals surface area contributed by atoms with E-state index in [-0.39, 0.29) is 5.97 Å². The van der Waals surface area contributed by atoms with Crippen LogP contribution in [0.5, 0.6) is 0 Å². The molecule has 0 bridgehead atoms. The van der Waals surface area contributed by atoms with E-state index in [4.69, 9.17) is 9.84 Å². The summed E-state index contributed by atoms with van der Waals surface area (Å²) in [5, 5.41) is 8.60. The fourth-order valence-electron chi connectivity index (χ4n) is 4.21. The van der Waals surface area contributed by atoms with Crippen molar-refractivity contribution in [2.24, 2.45) is 0 Å². The van der Waals surface area contributed by atoms with Crippen molar-refractivity contribution < 1.29 is 19.4 Å². The summed E-state index contributed by atoms with van der Waals surface area (Å²) in [6.07, 6.45) is 32.0. The predicted molar refractivity (Wildman–Crippen MR) is 144 cm³/mol. The normalized spacial score (nSPS) is 11.3. The first-order chi connectivity index (χ1) is 16.7. The van der Waals surface area contributed by atoms with E-state index in [0.717, 1.165) is 38.5 Å². The molecule has 0 spiro atoms. The van der Waals surface area contributed by atoms with Gasteiger partial charge in [0.25, 0.3) is 0 Å². The number of rotatable bonds is 27. The van der Waals surface area contributed by atoms with Gasteiger partial charge in [0.15, 0.2) is 0 Å². The largest absolute Gasteiger partial charge is 0.481 e. The van der Waals surface area contributed by atoms with Gasteiger partial charge in [0, 0.05) is 12.8 Å². The monoisotopic (exact) mass is 480 g/mol. The summed E-state index contributed by atoms with van der Waals surface area (Å²) in [4.78, 5) is 22.3. The third-order valence-electron chi connectivity index (χ3n) is 6.44. The SMILES string of the molecule is CCCCC/C=C\CCCCCCCC(=O)OCCCCCCCCCCCCCCC(=O)O. The van der Waals surface area contributed by atoms with Gasteiger partial charge >= 0.3 is 11.9 Å². The lowest BCUT2D eigenvalue weighted by atomic mass is 10.0. The van der Waals surface area contributed by atoms with Crippen molar-refractivity contribution in [2.75, 3.05) is 6.61 Å². The molecule has 0 aliphatic rings. The van der Waals surface area contributed by atoms with Crippen LogP contribution < -0.4 is 0 Å². The minimum absolute atomic E-state index is 0.0158. The minimum Gasteiger partial charge on any atom is -0.481 e. The Morgan fingerprint density at radius 3 is 1.47 bits per heavy atom. The number of unbranched alkanes of at least 4 members (excludes halogenated alkanes) is 19. The molecule has 0 saturated carbocycles. The molecule has 0 aliphatic heterocycles. The molecule has 0 aromatic heterocycles. The number of hydrogen-bond donors (Lipinski definition) is 1. The van der Waals surface area contributed by atoms with Gasteiger partial charge in [-0.2, -0.15) is 0 Å². The molecule has 34 heavy (non-hydrogen) atoms. The summed E-state index contributed by atoms with van der Waals surface area (Å²) in [6.45, 7) is 2.83. The maximum atomic E-state index is 11.8. The Hall–Kier alpha value is -1.32. The molecule has 200 valence electrons. The zero-order valence-corrected chi connectivity index (χ0v) is 22.5. The summed E-state index contributed by atoms with van der Waals surface area (Å²) < 4.78 is 5.37. The number of carbonyl (C=O) groups is 2. The van der Waals surface area contributed by atoms with Crippen LogP contribution in [0.15, 0.2) is 12.2 Å². The summed E-state index contributed by atoms with van der Waals surface area (Å²) in [5.74, 6) is -0.690. The first-order valence-corrected chi connectivity index (χ1v) is 14.7. The second-order valence-corrected chi connectivity index (χ2v) is 9.88. The summed E-state index contributed by atoms with van der Waals surface area (Å²) >= 11 is 0. The highest BCUT2D eigenvalue weighted by Gasteiger charge is 2.02. The Bertz CT molecular complexity index is 472. The van der Waals surface area contributed by atoms with Crippen LogP contribution >= 0.6 is 0 Å². The Kier molecular flexibility index (Phi) is 26.8. The molecule has 1 N–H and O–H groups in total. The fraction of sp³-hybridized carbons (Fsp3) is 0.867. The third kappa shape index (κ3) is 28.7. The Morgan fingerprint density at radius 2 is 0.971 bits per heavy atom. The lowest BCUT2D eigenvalue weighted by Crippen LogP contribution is -2.05. The molecular formula is C30H56O4. The number of carboxylic acid groups (broad SMARTS) is 1. The van der Waals surface area contributed by atoms with E-state index >= 15 is 0 Å². The molecule has 0 unspecified atom stereocenters. The number of aliphatic carboxylic acids is 1. The molecule has 0 fully saturated rings. The molecule has 4 heteroatoms. The van der Waals surface area contributed by atoms with Crippen molar-refractivity contribution in [1.29, 1.82) is 0 Å². The van der Waals surface area contributed by atoms with Crippen molar-refractivity contribution >= 4 is 11.9 Å². The van der Waals surface area contributed by atoms with Gasteiger partial charge < -0.3 is 9.84 Å². The van der Waals surface area contributed by atoms with Gasteiger partial charge in [0.2, 0.25) is 0 Å². The second-order valence-electron chi connectivity index (χ2n) is 9.88. The van der Waals surface area contributed by atoms with Gasteiger partial charge in [-0.3, -0.25) is 9.59 Å². The zero-order valence-electron chi connectivity index (χ0n) is 22.5. The molecule has 0 saturated heterocycles. The third-order valence-corrected chi connectivity index (χ3v) is 6.44. The predicted octanol–water partition coefficient (Wildman–Crippen LogP) is 9.55. The van der Waals surface area contributed by atoms with Gasteiger partial charge in [0.05, 0.1) is 6.61 Å². The van der Waals surface area contributed by atoms with Gasteiger partial charge in [-0.25, -0.2) is 0 Å². The van der Waals surface area contributed by atoms with Crippen LogP contribution in [0.2, 0.25) is 0 Å². The Labute approximate surface area is 211 Å². The van der Waals surface area contributed by atoms with Crippen LogP contribution in [-0.4, -0.2) is 23.7 Å². The molecule has 0 heterocycles. The zero-order chi connectivity index (χ0) is 25.0. The number of allylic oxidation sites excluding steroid dienone is 2. The molecule has 0 atom stereocenters. The number of ether oxygens (including phenoxy) is 1. The van der Waals surface area contributed by atoms with E-state index in [0.29, 0.717) is 19.4 Å². The standard InChI is InChI=1S/C30H56O4/c1-2-3-4-5-6-7-8-12-15-18-21-24-27-30(33)34-28-25-22-19-16-13-10-9-11-14-17-20-23-26-29(31)32/h6-7H,2-5,8-28H2,1H3,(H,31,32)/b7-6-. The lowest BCUT2D eigenvalue weighted by molar-refractivity contribution is -0.144. The Balaban J connectivity index is 3.19.